The Hall–Kier alpha value is -8.37. The Balaban J connectivity index is 0.000000113. The maximum absolute atomic E-state index is 12.7. The molecule has 12 aromatic rings. The van der Waals surface area contributed by atoms with Crippen molar-refractivity contribution in [3.63, 3.8) is 0 Å². The van der Waals surface area contributed by atoms with Gasteiger partial charge in [-0.2, -0.15) is 13.2 Å². The number of benzene rings is 2. The average molecular weight is 1470 g/mol. The van der Waals surface area contributed by atoms with Crippen molar-refractivity contribution >= 4 is 67.1 Å². The Morgan fingerprint density at radius 2 is 0.981 bits per heavy atom. The molecular formula is C85H95Cl2F3N14O2. The van der Waals surface area contributed by atoms with Crippen molar-refractivity contribution in [2.75, 3.05) is 53.4 Å². The summed E-state index contributed by atoms with van der Waals surface area (Å²) in [5.74, 6) is 0. The molecule has 0 spiro atoms. The summed E-state index contributed by atoms with van der Waals surface area (Å²) in [7, 11) is 4.25. The zero-order chi connectivity index (χ0) is 73.9. The lowest BCUT2D eigenvalue weighted by Crippen LogP contribution is -2.33. The molecule has 552 valence electrons. The molecule has 0 bridgehead atoms. The molecular weight excluding hydrogens is 1380 g/mol. The van der Waals surface area contributed by atoms with Gasteiger partial charge in [-0.1, -0.05) is 58.6 Å². The summed E-state index contributed by atoms with van der Waals surface area (Å²) in [6.45, 7) is 23.7. The molecule has 16 nitrogen and oxygen atoms in total. The van der Waals surface area contributed by atoms with Crippen molar-refractivity contribution < 1.29 is 23.4 Å². The zero-order valence-electron chi connectivity index (χ0n) is 62.0. The van der Waals surface area contributed by atoms with E-state index < -0.39 is 23.1 Å². The van der Waals surface area contributed by atoms with Gasteiger partial charge in [0.1, 0.15) is 28.2 Å². The van der Waals surface area contributed by atoms with Gasteiger partial charge in [0.05, 0.1) is 28.7 Å². The molecule has 21 heteroatoms. The number of likely N-dealkylation sites (N-methyl/N-ethyl adjacent to an activating group) is 2. The van der Waals surface area contributed by atoms with E-state index in [0.717, 1.165) is 123 Å². The maximum Gasteiger partial charge on any atom is 0.433 e. The topological polar surface area (TPSA) is 150 Å². The molecule has 4 unspecified atom stereocenters. The Morgan fingerprint density at radius 3 is 1.49 bits per heavy atom. The van der Waals surface area contributed by atoms with Gasteiger partial charge >= 0.3 is 6.18 Å². The first kappa shape index (κ1) is 73.2. The van der Waals surface area contributed by atoms with E-state index in [4.69, 9.17) is 23.2 Å². The van der Waals surface area contributed by atoms with Crippen molar-refractivity contribution in [3.05, 3.63) is 246 Å². The summed E-state index contributed by atoms with van der Waals surface area (Å²) < 4.78 is 47.4. The lowest BCUT2D eigenvalue weighted by molar-refractivity contribution is -0.141. The van der Waals surface area contributed by atoms with E-state index >= 15 is 0 Å². The quantitative estimate of drug-likeness (QED) is 0.120. The maximum atomic E-state index is 12.7. The summed E-state index contributed by atoms with van der Waals surface area (Å²) in [5.41, 5.74) is 21.8. The smallest absolute Gasteiger partial charge is 0.384 e. The molecule has 2 N–H and O–H groups in total. The number of halogens is 5. The van der Waals surface area contributed by atoms with E-state index in [1.165, 1.54) is 146 Å². The molecule has 6 aliphatic rings. The first-order valence-corrected chi connectivity index (χ1v) is 38.3. The van der Waals surface area contributed by atoms with Gasteiger partial charge in [-0.3, -0.25) is 29.7 Å². The van der Waals surface area contributed by atoms with Crippen LogP contribution < -0.4 is 0 Å². The van der Waals surface area contributed by atoms with Gasteiger partial charge in [0.2, 0.25) is 0 Å². The van der Waals surface area contributed by atoms with Gasteiger partial charge in [-0.25, -0.2) is 9.97 Å². The highest BCUT2D eigenvalue weighted by molar-refractivity contribution is 6.31. The van der Waals surface area contributed by atoms with E-state index in [2.05, 4.69) is 151 Å². The van der Waals surface area contributed by atoms with Crippen LogP contribution in [0.3, 0.4) is 0 Å². The average Bonchev–Trinajstić information content (AvgIpc) is 1.53. The van der Waals surface area contributed by atoms with Crippen LogP contribution in [-0.4, -0.2) is 131 Å². The summed E-state index contributed by atoms with van der Waals surface area (Å²) in [6, 6.07) is 31.0. The molecule has 2 fully saturated rings. The minimum atomic E-state index is -4.41. The molecule has 4 atom stereocenters. The van der Waals surface area contributed by atoms with Crippen LogP contribution in [0.2, 0.25) is 10.0 Å². The monoisotopic (exact) mass is 1470 g/mol. The largest absolute Gasteiger partial charge is 0.433 e. The van der Waals surface area contributed by atoms with Gasteiger partial charge in [-0.15, -0.1) is 0 Å². The van der Waals surface area contributed by atoms with Crippen LogP contribution in [0.15, 0.2) is 141 Å². The third-order valence-corrected chi connectivity index (χ3v) is 23.5. The Labute approximate surface area is 628 Å². The predicted octanol–water partition coefficient (Wildman–Crippen LogP) is 16.2. The van der Waals surface area contributed by atoms with E-state index in [-0.39, 0.29) is 0 Å². The van der Waals surface area contributed by atoms with Crippen LogP contribution in [0.4, 0.5) is 13.2 Å². The van der Waals surface area contributed by atoms with Gasteiger partial charge in [0.25, 0.3) is 0 Å². The fourth-order valence-electron chi connectivity index (χ4n) is 17.9. The summed E-state index contributed by atoms with van der Waals surface area (Å²) in [4.78, 5) is 35.2. The Bertz CT molecular complexity index is 5180. The van der Waals surface area contributed by atoms with E-state index in [9.17, 15) is 23.4 Å². The van der Waals surface area contributed by atoms with Gasteiger partial charge in [0, 0.05) is 195 Å². The van der Waals surface area contributed by atoms with Gasteiger partial charge < -0.3 is 38.3 Å². The standard InChI is InChI=1S/C24H29N3O.C23H27N3O.C19H18ClF3N4.C19H21ClN4/c1-16-13-17(2)23-19(14-16)22-20-5-4-11-26(20)12-8-21(22)27(23)15-24(3,28)18-6-9-25-10-7-18;1-16-5-6-19-18(14-16)22-20-4-3-12-25(20)13-9-21(22)26(19)15-23(2,27)17-7-10-24-11-8-17;1-26-6-5-16-15(11-26)14-8-13(20)10-25-18(14)27(16)7-4-12-2-3-17(24-9-12)19(21,22)23;1-13-3-4-14(10-21-13)5-8-24-18-6-7-23(2)12-17(18)16-9-15(20)11-22-19(16)24/h6-7,9-10,13-14,20,28H,4-5,8,11-12,15H2,1-3H3;5-8,10-11,14,20,27H,3-4,9,12-13,15H2,1-2H3;2-3,8-10H,4-7,11H2,1H3;3-4,9-11H,5-8,12H2,1-2H3. The minimum Gasteiger partial charge on any atom is -0.384 e. The number of alkyl halides is 3. The second-order valence-electron chi connectivity index (χ2n) is 30.8. The number of pyridine rings is 6. The summed E-state index contributed by atoms with van der Waals surface area (Å²) in [5, 5.41) is 29.0. The number of hydrogen-bond acceptors (Lipinski definition) is 12. The highest BCUT2D eigenvalue weighted by Crippen LogP contribution is 2.47. The first-order chi connectivity index (χ1) is 50.9. The number of aromatic nitrogens is 10. The van der Waals surface area contributed by atoms with Crippen LogP contribution in [0.1, 0.15) is 147 Å². The Kier molecular flexibility index (Phi) is 20.7. The van der Waals surface area contributed by atoms with Crippen LogP contribution in [-0.2, 0) is 95.2 Å². The zero-order valence-corrected chi connectivity index (χ0v) is 63.5. The molecule has 10 aromatic heterocycles. The molecule has 106 heavy (non-hydrogen) atoms. The van der Waals surface area contributed by atoms with Crippen LogP contribution in [0.25, 0.3) is 43.9 Å². The molecule has 0 amide bonds. The second kappa shape index (κ2) is 30.0. The number of fused-ring (bicyclic) bond motifs is 16. The molecule has 6 aliphatic heterocycles. The van der Waals surface area contributed by atoms with Crippen LogP contribution in [0, 0.1) is 27.7 Å². The molecule has 0 aliphatic carbocycles. The van der Waals surface area contributed by atoms with Crippen molar-refractivity contribution in [1.29, 1.82) is 0 Å². The fraction of sp³-hybridized carbons (Fsp3) is 0.412. The SMILES string of the molecule is CN1CCc2c(c3cc(Cl)cnc3n2CCc2ccc(C(F)(F)F)nc2)C1.Cc1cc(C)c2c(c1)c1c(n2CC(C)(O)c2ccncc2)CCN2CCCC12.Cc1ccc(CCn2c3c(c4cc(Cl)cnc42)CN(C)CC3)cn1.Cc1ccc2c(c1)c1c(n2CC(C)(O)c2ccncc2)CCN2CCCC12. The predicted molar refractivity (Wildman–Crippen MR) is 415 cm³/mol. The minimum absolute atomic E-state index is 0.541. The number of nitrogens with zero attached hydrogens (tertiary/aromatic N) is 14. The van der Waals surface area contributed by atoms with E-state index in [1.807, 2.05) is 57.3 Å². The molecule has 0 saturated carbocycles. The first-order valence-electron chi connectivity index (χ1n) is 37.5. The third kappa shape index (κ3) is 14.8. The van der Waals surface area contributed by atoms with E-state index in [0.29, 0.717) is 48.2 Å². The molecule has 16 heterocycles. The summed E-state index contributed by atoms with van der Waals surface area (Å²) >= 11 is 12.3. The van der Waals surface area contributed by atoms with Crippen LogP contribution >= 0.6 is 23.2 Å². The number of hydrogen-bond donors (Lipinski definition) is 2. The lowest BCUT2D eigenvalue weighted by Gasteiger charge is -2.32. The van der Waals surface area contributed by atoms with Gasteiger partial charge in [0.15, 0.2) is 0 Å². The highest BCUT2D eigenvalue weighted by Gasteiger charge is 2.40. The normalized spacial score (nSPS) is 18.5. The number of aryl methyl sites for hydroxylation is 8. The van der Waals surface area contributed by atoms with Crippen molar-refractivity contribution in [1.82, 2.24) is 67.8 Å². The Morgan fingerprint density at radius 1 is 0.491 bits per heavy atom. The second-order valence-corrected chi connectivity index (χ2v) is 31.7. The van der Waals surface area contributed by atoms with Crippen molar-refractivity contribution in [2.45, 2.75) is 174 Å². The number of aliphatic hydroxyl groups is 2. The van der Waals surface area contributed by atoms with E-state index in [1.54, 1.807) is 37.2 Å². The molecule has 2 aromatic carbocycles. The van der Waals surface area contributed by atoms with Crippen molar-refractivity contribution in [2.24, 2.45) is 0 Å². The number of rotatable bonds is 12. The molecule has 2 saturated heterocycles. The third-order valence-electron chi connectivity index (χ3n) is 23.0. The fourth-order valence-corrected chi connectivity index (χ4v) is 18.2. The summed E-state index contributed by atoms with van der Waals surface area (Å²) in [6.07, 6.45) is 20.0. The van der Waals surface area contributed by atoms with Crippen LogP contribution in [0.5, 0.6) is 0 Å². The van der Waals surface area contributed by atoms with Gasteiger partial charge in [-0.05, 0) is 224 Å². The lowest BCUT2D eigenvalue weighted by atomic mass is 9.94. The molecule has 18 rings (SSSR count). The van der Waals surface area contributed by atoms with Crippen molar-refractivity contribution in [3.8, 4) is 0 Å². The molecule has 0 radical (unpaired) electrons. The highest BCUT2D eigenvalue weighted by atomic mass is 35.5.